The first kappa shape index (κ1) is 15.6. The number of ether oxygens (including phenoxy) is 2. The molecule has 0 aromatic heterocycles. The Labute approximate surface area is 126 Å². The molecule has 5 nitrogen and oxygen atoms in total. The lowest BCUT2D eigenvalue weighted by atomic mass is 9.76. The third-order valence-electron chi connectivity index (χ3n) is 3.48. The van der Waals surface area contributed by atoms with Gasteiger partial charge in [0.1, 0.15) is 11.4 Å². The fraction of sp³-hybridized carbons (Fsp3) is 0.562. The molecule has 1 saturated carbocycles. The zero-order valence-electron chi connectivity index (χ0n) is 13.1. The van der Waals surface area contributed by atoms with Crippen LogP contribution in [0.2, 0.25) is 0 Å². The van der Waals surface area contributed by atoms with Gasteiger partial charge in [-0.1, -0.05) is 12.1 Å². The quantitative estimate of drug-likeness (QED) is 0.838. The molecule has 1 aromatic rings. The Morgan fingerprint density at radius 2 is 2.00 bits per heavy atom. The van der Waals surface area contributed by atoms with E-state index in [4.69, 9.17) is 9.47 Å². The summed E-state index contributed by atoms with van der Waals surface area (Å²) in [5, 5.41) is 0. The van der Waals surface area contributed by atoms with Gasteiger partial charge in [0.2, 0.25) is 0 Å². The van der Waals surface area contributed by atoms with Crippen molar-refractivity contribution in [2.75, 3.05) is 7.11 Å². The number of nitrogens with one attached hydrogen (secondary N) is 2. The predicted octanol–water partition coefficient (Wildman–Crippen LogP) is 2.97. The molecule has 0 bridgehead atoms. The number of hydrazine groups is 1. The van der Waals surface area contributed by atoms with Gasteiger partial charge in [0, 0.05) is 6.04 Å². The molecule has 1 amide bonds. The second kappa shape index (κ2) is 6.35. The molecule has 0 unspecified atom stereocenters. The van der Waals surface area contributed by atoms with Crippen LogP contribution in [0.3, 0.4) is 0 Å². The summed E-state index contributed by atoms with van der Waals surface area (Å²) >= 11 is 0. The van der Waals surface area contributed by atoms with Crippen LogP contribution in [0.15, 0.2) is 24.3 Å². The standard InChI is InChI=1S/C16H24N2O3/c1-16(2,3)21-15(19)18-17-13-8-12(9-13)11-6-5-7-14(10-11)20-4/h5-7,10,12-13,17H,8-9H2,1-4H3,(H,18,19). The van der Waals surface area contributed by atoms with Crippen molar-refractivity contribution in [1.29, 1.82) is 0 Å². The number of amides is 1. The van der Waals surface area contributed by atoms with Crippen LogP contribution in [0.5, 0.6) is 5.75 Å². The number of hydrogen-bond acceptors (Lipinski definition) is 4. The normalized spacial score (nSPS) is 21.3. The van der Waals surface area contributed by atoms with Crippen LogP contribution in [-0.2, 0) is 4.74 Å². The number of carbonyl (C=O) groups is 1. The van der Waals surface area contributed by atoms with Gasteiger partial charge in [-0.3, -0.25) is 5.43 Å². The molecule has 116 valence electrons. The Kier molecular flexibility index (Phi) is 4.73. The van der Waals surface area contributed by atoms with Crippen molar-refractivity contribution in [3.63, 3.8) is 0 Å². The zero-order chi connectivity index (χ0) is 15.5. The summed E-state index contributed by atoms with van der Waals surface area (Å²) in [7, 11) is 1.68. The van der Waals surface area contributed by atoms with Crippen LogP contribution < -0.4 is 15.6 Å². The Morgan fingerprint density at radius 1 is 1.29 bits per heavy atom. The van der Waals surface area contributed by atoms with Crippen molar-refractivity contribution in [3.05, 3.63) is 29.8 Å². The van der Waals surface area contributed by atoms with Crippen LogP contribution in [-0.4, -0.2) is 24.8 Å². The molecule has 21 heavy (non-hydrogen) atoms. The molecule has 5 heteroatoms. The molecule has 0 aliphatic heterocycles. The van der Waals surface area contributed by atoms with Crippen LogP contribution >= 0.6 is 0 Å². The van der Waals surface area contributed by atoms with Gasteiger partial charge in [-0.25, -0.2) is 10.2 Å². The highest BCUT2D eigenvalue weighted by atomic mass is 16.6. The smallest absolute Gasteiger partial charge is 0.422 e. The summed E-state index contributed by atoms with van der Waals surface area (Å²) in [6.45, 7) is 5.53. The van der Waals surface area contributed by atoms with Gasteiger partial charge in [0.15, 0.2) is 0 Å². The molecule has 0 heterocycles. The monoisotopic (exact) mass is 292 g/mol. The van der Waals surface area contributed by atoms with Gasteiger partial charge >= 0.3 is 6.09 Å². The topological polar surface area (TPSA) is 59.6 Å². The fourth-order valence-electron chi connectivity index (χ4n) is 2.37. The lowest BCUT2D eigenvalue weighted by molar-refractivity contribution is 0.0471. The zero-order valence-corrected chi connectivity index (χ0v) is 13.1. The van der Waals surface area contributed by atoms with E-state index in [0.717, 1.165) is 18.6 Å². The maximum Gasteiger partial charge on any atom is 0.422 e. The molecule has 1 fully saturated rings. The maximum absolute atomic E-state index is 11.5. The highest BCUT2D eigenvalue weighted by Gasteiger charge is 2.31. The Bertz CT molecular complexity index is 491. The number of hydrogen-bond donors (Lipinski definition) is 2. The SMILES string of the molecule is COc1cccc(C2CC(NNC(=O)OC(C)(C)C)C2)c1. The molecule has 1 aliphatic rings. The first-order valence-electron chi connectivity index (χ1n) is 7.26. The molecular formula is C16H24N2O3. The lowest BCUT2D eigenvalue weighted by Gasteiger charge is -2.36. The van der Waals surface area contributed by atoms with E-state index < -0.39 is 11.7 Å². The molecule has 0 radical (unpaired) electrons. The molecule has 2 N–H and O–H groups in total. The van der Waals surface area contributed by atoms with Crippen LogP contribution in [0.1, 0.15) is 45.1 Å². The minimum atomic E-state index is -0.478. The van der Waals surface area contributed by atoms with Crippen molar-refractivity contribution in [1.82, 2.24) is 10.9 Å². The summed E-state index contributed by atoms with van der Waals surface area (Å²) in [6.07, 6.45) is 1.54. The van der Waals surface area contributed by atoms with E-state index >= 15 is 0 Å². The van der Waals surface area contributed by atoms with Crippen molar-refractivity contribution in [2.24, 2.45) is 0 Å². The van der Waals surface area contributed by atoms with Crippen molar-refractivity contribution in [2.45, 2.75) is 51.2 Å². The van der Waals surface area contributed by atoms with Crippen molar-refractivity contribution in [3.8, 4) is 5.75 Å². The average molecular weight is 292 g/mol. The number of methoxy groups -OCH3 is 1. The second-order valence-electron chi connectivity index (χ2n) is 6.41. The van der Waals surface area contributed by atoms with Crippen molar-refractivity contribution >= 4 is 6.09 Å². The summed E-state index contributed by atoms with van der Waals surface area (Å²) in [5.41, 5.74) is 6.42. The molecule has 2 rings (SSSR count). The number of benzene rings is 1. The van der Waals surface area contributed by atoms with Gasteiger partial charge in [0.25, 0.3) is 0 Å². The fourth-order valence-corrected chi connectivity index (χ4v) is 2.37. The number of rotatable bonds is 4. The number of carbonyl (C=O) groups excluding carboxylic acids is 1. The molecule has 0 spiro atoms. The minimum absolute atomic E-state index is 0.286. The summed E-state index contributed by atoms with van der Waals surface area (Å²) in [6, 6.07) is 8.43. The molecule has 0 saturated heterocycles. The van der Waals surface area contributed by atoms with E-state index in [9.17, 15) is 4.79 Å². The third kappa shape index (κ3) is 4.63. The minimum Gasteiger partial charge on any atom is -0.497 e. The summed E-state index contributed by atoms with van der Waals surface area (Å²) in [5.74, 6) is 1.40. The maximum atomic E-state index is 11.5. The predicted molar refractivity (Wildman–Crippen MR) is 81.3 cm³/mol. The van der Waals surface area contributed by atoms with E-state index in [1.165, 1.54) is 5.56 Å². The van der Waals surface area contributed by atoms with E-state index in [-0.39, 0.29) is 6.04 Å². The highest BCUT2D eigenvalue weighted by Crippen LogP contribution is 2.37. The van der Waals surface area contributed by atoms with E-state index in [1.54, 1.807) is 7.11 Å². The molecular weight excluding hydrogens is 268 g/mol. The Morgan fingerprint density at radius 3 is 2.62 bits per heavy atom. The second-order valence-corrected chi connectivity index (χ2v) is 6.41. The van der Waals surface area contributed by atoms with Gasteiger partial charge < -0.3 is 9.47 Å². The van der Waals surface area contributed by atoms with Crippen LogP contribution in [0.4, 0.5) is 4.79 Å². The van der Waals surface area contributed by atoms with E-state index in [0.29, 0.717) is 5.92 Å². The first-order valence-corrected chi connectivity index (χ1v) is 7.26. The lowest BCUT2D eigenvalue weighted by Crippen LogP contribution is -2.50. The molecule has 1 aliphatic carbocycles. The van der Waals surface area contributed by atoms with Crippen LogP contribution in [0.25, 0.3) is 0 Å². The van der Waals surface area contributed by atoms with Crippen molar-refractivity contribution < 1.29 is 14.3 Å². The molecule has 1 aromatic carbocycles. The third-order valence-corrected chi connectivity index (χ3v) is 3.48. The summed E-state index contributed by atoms with van der Waals surface area (Å²) < 4.78 is 10.4. The van der Waals surface area contributed by atoms with Gasteiger partial charge in [-0.15, -0.1) is 0 Å². The highest BCUT2D eigenvalue weighted by molar-refractivity contribution is 5.67. The van der Waals surface area contributed by atoms with E-state index in [2.05, 4.69) is 23.0 Å². The summed E-state index contributed by atoms with van der Waals surface area (Å²) in [4.78, 5) is 11.5. The van der Waals surface area contributed by atoms with E-state index in [1.807, 2.05) is 32.9 Å². The van der Waals surface area contributed by atoms with Gasteiger partial charge in [0.05, 0.1) is 7.11 Å². The van der Waals surface area contributed by atoms with Gasteiger partial charge in [-0.2, -0.15) is 0 Å². The Balaban J connectivity index is 1.73. The Hall–Kier alpha value is -1.75. The van der Waals surface area contributed by atoms with Gasteiger partial charge in [-0.05, 0) is 57.2 Å². The first-order chi connectivity index (χ1) is 9.87. The average Bonchev–Trinajstić information content (AvgIpc) is 2.35. The van der Waals surface area contributed by atoms with Crippen LogP contribution in [0, 0.1) is 0 Å². The largest absolute Gasteiger partial charge is 0.497 e. The molecule has 0 atom stereocenters.